The third-order valence-corrected chi connectivity index (χ3v) is 3.01. The molecule has 1 amide bonds. The second-order valence-corrected chi connectivity index (χ2v) is 5.06. The van der Waals surface area contributed by atoms with Gasteiger partial charge in [-0.25, -0.2) is 0 Å². The highest BCUT2D eigenvalue weighted by Gasteiger charge is 2.40. The lowest BCUT2D eigenvalue weighted by Gasteiger charge is -2.16. The van der Waals surface area contributed by atoms with Crippen molar-refractivity contribution in [2.75, 3.05) is 6.61 Å². The Bertz CT molecular complexity index is 371. The molecule has 1 aliphatic rings. The minimum absolute atomic E-state index is 0.0165. The zero-order valence-electron chi connectivity index (χ0n) is 11.1. The molecule has 0 aromatic carbocycles. The summed E-state index contributed by atoms with van der Waals surface area (Å²) in [5.74, 6) is -1.59. The summed E-state index contributed by atoms with van der Waals surface area (Å²) >= 11 is 0. The van der Waals surface area contributed by atoms with Crippen LogP contribution in [0.2, 0.25) is 0 Å². The van der Waals surface area contributed by atoms with E-state index in [1.807, 2.05) is 6.92 Å². The zero-order chi connectivity index (χ0) is 14.6. The van der Waals surface area contributed by atoms with Crippen molar-refractivity contribution in [2.24, 2.45) is 17.6 Å². The van der Waals surface area contributed by atoms with E-state index in [-0.39, 0.29) is 18.5 Å². The first kappa shape index (κ1) is 15.4. The molecule has 0 aliphatic heterocycles. The maximum absolute atomic E-state index is 11.5. The molecular weight excluding hydrogens is 252 g/mol. The number of hydrogen-bond acceptors (Lipinski definition) is 5. The van der Waals surface area contributed by atoms with E-state index in [0.717, 1.165) is 6.42 Å². The Morgan fingerprint density at radius 1 is 1.47 bits per heavy atom. The van der Waals surface area contributed by atoms with E-state index in [9.17, 15) is 14.4 Å². The predicted molar refractivity (Wildman–Crippen MR) is 66.1 cm³/mol. The summed E-state index contributed by atoms with van der Waals surface area (Å²) in [7, 11) is 0. The molecule has 108 valence electrons. The number of carboxylic acid groups (broad SMARTS) is 1. The third kappa shape index (κ3) is 5.25. The van der Waals surface area contributed by atoms with Crippen LogP contribution in [0.25, 0.3) is 0 Å². The van der Waals surface area contributed by atoms with Crippen LogP contribution in [0.4, 0.5) is 0 Å². The molecule has 0 aromatic heterocycles. The van der Waals surface area contributed by atoms with Gasteiger partial charge in [0.2, 0.25) is 5.91 Å². The average Bonchev–Trinajstić information content (AvgIpc) is 3.02. The minimum Gasteiger partial charge on any atom is -0.481 e. The van der Waals surface area contributed by atoms with Gasteiger partial charge in [0, 0.05) is 0 Å². The van der Waals surface area contributed by atoms with Crippen molar-refractivity contribution in [3.8, 4) is 0 Å². The van der Waals surface area contributed by atoms with Crippen molar-refractivity contribution in [2.45, 2.75) is 38.8 Å². The molecule has 7 nitrogen and oxygen atoms in total. The third-order valence-electron chi connectivity index (χ3n) is 3.01. The van der Waals surface area contributed by atoms with Crippen LogP contribution in [0, 0.1) is 11.8 Å². The standard InChI is InChI=1S/C12H20N2O5/c1-6-3-8(6)12(18)19-5-7(2)14-11(17)9(13)4-10(15)16/h6-9H,3-5,13H2,1-2H3,(H,14,17)(H,15,16)/t6?,7-,8?,9+/m0/s1. The van der Waals surface area contributed by atoms with Gasteiger partial charge in [-0.05, 0) is 19.3 Å². The van der Waals surface area contributed by atoms with E-state index in [1.54, 1.807) is 6.92 Å². The maximum atomic E-state index is 11.5. The number of nitrogens with one attached hydrogen (secondary N) is 1. The van der Waals surface area contributed by atoms with Gasteiger partial charge in [-0.1, -0.05) is 6.92 Å². The summed E-state index contributed by atoms with van der Waals surface area (Å²) in [5.41, 5.74) is 5.40. The highest BCUT2D eigenvalue weighted by Crippen LogP contribution is 2.38. The highest BCUT2D eigenvalue weighted by molar-refractivity contribution is 5.86. The Balaban J connectivity index is 2.22. The number of carbonyl (C=O) groups is 3. The molecule has 0 aromatic rings. The van der Waals surface area contributed by atoms with E-state index < -0.39 is 30.4 Å². The van der Waals surface area contributed by atoms with Gasteiger partial charge >= 0.3 is 11.9 Å². The normalized spacial score (nSPS) is 24.2. The number of carboxylic acids is 1. The fourth-order valence-corrected chi connectivity index (χ4v) is 1.64. The van der Waals surface area contributed by atoms with Gasteiger partial charge in [-0.3, -0.25) is 14.4 Å². The van der Waals surface area contributed by atoms with Crippen LogP contribution < -0.4 is 11.1 Å². The van der Waals surface area contributed by atoms with Crippen LogP contribution in [-0.4, -0.2) is 41.6 Å². The van der Waals surface area contributed by atoms with E-state index >= 15 is 0 Å². The molecule has 0 radical (unpaired) electrons. The van der Waals surface area contributed by atoms with Crippen LogP contribution in [0.15, 0.2) is 0 Å². The molecule has 7 heteroatoms. The van der Waals surface area contributed by atoms with E-state index in [0.29, 0.717) is 5.92 Å². The summed E-state index contributed by atoms with van der Waals surface area (Å²) in [6.45, 7) is 3.70. The van der Waals surface area contributed by atoms with Crippen molar-refractivity contribution in [1.29, 1.82) is 0 Å². The molecule has 4 N–H and O–H groups in total. The first-order valence-corrected chi connectivity index (χ1v) is 6.25. The molecule has 0 heterocycles. The number of hydrogen-bond donors (Lipinski definition) is 3. The molecule has 19 heavy (non-hydrogen) atoms. The molecule has 0 saturated heterocycles. The lowest BCUT2D eigenvalue weighted by molar-refractivity contribution is -0.146. The fraction of sp³-hybridized carbons (Fsp3) is 0.750. The van der Waals surface area contributed by atoms with E-state index in [4.69, 9.17) is 15.6 Å². The Kier molecular flexibility index (Phi) is 5.29. The number of ether oxygens (including phenoxy) is 1. The highest BCUT2D eigenvalue weighted by atomic mass is 16.5. The van der Waals surface area contributed by atoms with Gasteiger partial charge in [0.1, 0.15) is 6.61 Å². The Labute approximate surface area is 111 Å². The van der Waals surface area contributed by atoms with Crippen LogP contribution in [0.1, 0.15) is 26.7 Å². The van der Waals surface area contributed by atoms with Gasteiger partial charge < -0.3 is 20.9 Å². The largest absolute Gasteiger partial charge is 0.481 e. The minimum atomic E-state index is -1.13. The first-order valence-electron chi connectivity index (χ1n) is 6.25. The molecular formula is C12H20N2O5. The van der Waals surface area contributed by atoms with Gasteiger partial charge in [-0.15, -0.1) is 0 Å². The fourth-order valence-electron chi connectivity index (χ4n) is 1.64. The average molecular weight is 272 g/mol. The van der Waals surface area contributed by atoms with Crippen LogP contribution in [0.3, 0.4) is 0 Å². The number of carbonyl (C=O) groups excluding carboxylic acids is 2. The van der Waals surface area contributed by atoms with Crippen molar-refractivity contribution in [1.82, 2.24) is 5.32 Å². The van der Waals surface area contributed by atoms with Gasteiger partial charge in [-0.2, -0.15) is 0 Å². The topological polar surface area (TPSA) is 119 Å². The first-order chi connectivity index (χ1) is 8.81. The summed E-state index contributed by atoms with van der Waals surface area (Å²) in [6, 6.07) is -1.50. The quantitative estimate of drug-likeness (QED) is 0.537. The molecule has 1 rings (SSSR count). The lowest BCUT2D eigenvalue weighted by atomic mass is 10.2. The van der Waals surface area contributed by atoms with Crippen molar-refractivity contribution in [3.05, 3.63) is 0 Å². The summed E-state index contributed by atoms with van der Waals surface area (Å²) < 4.78 is 5.05. The summed E-state index contributed by atoms with van der Waals surface area (Å²) in [6.07, 6.45) is 0.418. The van der Waals surface area contributed by atoms with Gasteiger partial charge in [0.05, 0.1) is 24.4 Å². The molecule has 0 bridgehead atoms. The van der Waals surface area contributed by atoms with Crippen LogP contribution in [-0.2, 0) is 19.1 Å². The summed E-state index contributed by atoms with van der Waals surface area (Å²) in [4.78, 5) is 33.3. The maximum Gasteiger partial charge on any atom is 0.309 e. The Morgan fingerprint density at radius 2 is 2.05 bits per heavy atom. The predicted octanol–water partition coefficient (Wildman–Crippen LogP) is -0.508. The van der Waals surface area contributed by atoms with E-state index in [1.165, 1.54) is 0 Å². The SMILES string of the molecule is CC1CC1C(=O)OC[C@H](C)NC(=O)[C@H](N)CC(=O)O. The van der Waals surface area contributed by atoms with Crippen molar-refractivity contribution < 1.29 is 24.2 Å². The number of esters is 1. The number of amides is 1. The Hall–Kier alpha value is -1.63. The number of rotatable bonds is 7. The summed E-state index contributed by atoms with van der Waals surface area (Å²) in [5, 5.41) is 11.0. The number of nitrogens with two attached hydrogens (primary N) is 1. The molecule has 4 atom stereocenters. The monoisotopic (exact) mass is 272 g/mol. The number of aliphatic carboxylic acids is 1. The zero-order valence-corrected chi connectivity index (χ0v) is 11.1. The van der Waals surface area contributed by atoms with Crippen LogP contribution in [0.5, 0.6) is 0 Å². The molecule has 1 aliphatic carbocycles. The Morgan fingerprint density at radius 3 is 2.53 bits per heavy atom. The second kappa shape index (κ2) is 6.51. The van der Waals surface area contributed by atoms with E-state index in [2.05, 4.69) is 5.32 Å². The van der Waals surface area contributed by atoms with Gasteiger partial charge in [0.25, 0.3) is 0 Å². The smallest absolute Gasteiger partial charge is 0.309 e. The van der Waals surface area contributed by atoms with Crippen molar-refractivity contribution >= 4 is 17.8 Å². The van der Waals surface area contributed by atoms with Gasteiger partial charge in [0.15, 0.2) is 0 Å². The molecule has 1 fully saturated rings. The van der Waals surface area contributed by atoms with Crippen molar-refractivity contribution in [3.63, 3.8) is 0 Å². The molecule has 0 spiro atoms. The lowest BCUT2D eigenvalue weighted by Crippen LogP contribution is -2.46. The van der Waals surface area contributed by atoms with Crippen LogP contribution >= 0.6 is 0 Å². The second-order valence-electron chi connectivity index (χ2n) is 5.06. The molecule has 1 saturated carbocycles. The molecule has 2 unspecified atom stereocenters.